The Labute approximate surface area is 102 Å². The van der Waals surface area contributed by atoms with Crippen molar-refractivity contribution in [1.82, 2.24) is 9.97 Å². The summed E-state index contributed by atoms with van der Waals surface area (Å²) < 4.78 is 0. The van der Waals surface area contributed by atoms with Crippen molar-refractivity contribution >= 4 is 16.6 Å². The molecule has 0 saturated carbocycles. The molecule has 5 nitrogen and oxygen atoms in total. The first-order valence-corrected chi connectivity index (χ1v) is 5.42. The molecule has 1 N–H and O–H groups in total. The van der Waals surface area contributed by atoms with E-state index in [0.29, 0.717) is 10.9 Å². The second-order valence-corrected chi connectivity index (χ2v) is 3.91. The predicted octanol–water partition coefficient (Wildman–Crippen LogP) is 3.14. The summed E-state index contributed by atoms with van der Waals surface area (Å²) >= 11 is 0. The Morgan fingerprint density at radius 3 is 2.72 bits per heavy atom. The number of fused-ring (bicyclic) bond motifs is 1. The van der Waals surface area contributed by atoms with Gasteiger partial charge < -0.3 is 4.98 Å². The highest BCUT2D eigenvalue weighted by Crippen LogP contribution is 2.28. The van der Waals surface area contributed by atoms with Crippen LogP contribution in [0.5, 0.6) is 0 Å². The maximum Gasteiger partial charge on any atom is 0.294 e. The maximum atomic E-state index is 10.9. The van der Waals surface area contributed by atoms with E-state index in [1.807, 2.05) is 30.3 Å². The second kappa shape index (κ2) is 3.96. The van der Waals surface area contributed by atoms with Gasteiger partial charge in [-0.05, 0) is 6.07 Å². The first kappa shape index (κ1) is 10.5. The topological polar surface area (TPSA) is 71.8 Å². The van der Waals surface area contributed by atoms with Gasteiger partial charge in [0.25, 0.3) is 5.69 Å². The van der Waals surface area contributed by atoms with E-state index in [2.05, 4.69) is 9.97 Å². The fraction of sp³-hybridized carbons (Fsp3) is 0. The van der Waals surface area contributed by atoms with E-state index < -0.39 is 4.92 Å². The van der Waals surface area contributed by atoms with Gasteiger partial charge >= 0.3 is 0 Å². The number of hydrogen-bond acceptors (Lipinski definition) is 3. The lowest BCUT2D eigenvalue weighted by atomic mass is 10.1. The number of H-pyrrole nitrogens is 1. The highest BCUT2D eigenvalue weighted by atomic mass is 16.6. The number of nitro groups is 1. The third-order valence-corrected chi connectivity index (χ3v) is 2.81. The van der Waals surface area contributed by atoms with Crippen LogP contribution in [0.4, 0.5) is 5.69 Å². The molecule has 0 unspecified atom stereocenters. The van der Waals surface area contributed by atoms with E-state index in [9.17, 15) is 10.1 Å². The van der Waals surface area contributed by atoms with Gasteiger partial charge in [0.05, 0.1) is 33.9 Å². The number of nitrogens with one attached hydrogen (secondary N) is 1. The minimum atomic E-state index is -0.395. The van der Waals surface area contributed by atoms with Crippen LogP contribution in [-0.2, 0) is 0 Å². The van der Waals surface area contributed by atoms with E-state index in [1.54, 1.807) is 12.3 Å². The van der Waals surface area contributed by atoms with Crippen LogP contribution in [0.1, 0.15) is 0 Å². The highest BCUT2D eigenvalue weighted by Gasteiger charge is 2.14. The molecule has 3 rings (SSSR count). The molecule has 0 radical (unpaired) electrons. The lowest BCUT2D eigenvalue weighted by molar-refractivity contribution is -0.383. The van der Waals surface area contributed by atoms with Crippen molar-refractivity contribution in [2.75, 3.05) is 0 Å². The molecule has 0 fully saturated rings. The van der Waals surface area contributed by atoms with Crippen molar-refractivity contribution in [2.45, 2.75) is 0 Å². The van der Waals surface area contributed by atoms with Crippen LogP contribution in [0.3, 0.4) is 0 Å². The Kier molecular flexibility index (Phi) is 2.30. The number of hydrogen-bond donors (Lipinski definition) is 1. The first-order chi connectivity index (χ1) is 8.75. The maximum absolute atomic E-state index is 10.9. The van der Waals surface area contributed by atoms with Crippen LogP contribution in [0.15, 0.2) is 48.8 Å². The summed E-state index contributed by atoms with van der Waals surface area (Å²) in [5.74, 6) is 0. The normalized spacial score (nSPS) is 10.7. The standard InChI is InChI=1S/C13H9N3O2/c17-16(18)13-8-15-12-7-14-11(6-10(12)13)9-4-2-1-3-5-9/h1-8,15H. The van der Waals surface area contributed by atoms with E-state index in [1.165, 1.54) is 6.20 Å². The van der Waals surface area contributed by atoms with Gasteiger partial charge in [-0.15, -0.1) is 0 Å². The third kappa shape index (κ3) is 1.62. The van der Waals surface area contributed by atoms with Gasteiger partial charge in [0.1, 0.15) is 0 Å². The molecule has 5 heteroatoms. The molecular weight excluding hydrogens is 230 g/mol. The zero-order valence-corrected chi connectivity index (χ0v) is 9.33. The molecule has 0 amide bonds. The molecule has 0 bridgehead atoms. The molecule has 18 heavy (non-hydrogen) atoms. The summed E-state index contributed by atoms with van der Waals surface area (Å²) in [5, 5.41) is 11.5. The van der Waals surface area contributed by atoms with Gasteiger partial charge in [-0.25, -0.2) is 0 Å². The zero-order valence-electron chi connectivity index (χ0n) is 9.33. The Morgan fingerprint density at radius 2 is 2.00 bits per heavy atom. The fourth-order valence-corrected chi connectivity index (χ4v) is 1.92. The van der Waals surface area contributed by atoms with Crippen molar-refractivity contribution < 1.29 is 4.92 Å². The van der Waals surface area contributed by atoms with Crippen LogP contribution in [0, 0.1) is 10.1 Å². The van der Waals surface area contributed by atoms with Crippen molar-refractivity contribution in [3.63, 3.8) is 0 Å². The molecule has 0 atom stereocenters. The predicted molar refractivity (Wildman–Crippen MR) is 68.2 cm³/mol. The minimum Gasteiger partial charge on any atom is -0.354 e. The summed E-state index contributed by atoms with van der Waals surface area (Å²) in [6.45, 7) is 0. The quantitative estimate of drug-likeness (QED) is 0.551. The molecule has 0 aliphatic carbocycles. The monoisotopic (exact) mass is 239 g/mol. The Morgan fingerprint density at radius 1 is 1.22 bits per heavy atom. The van der Waals surface area contributed by atoms with Gasteiger partial charge in [-0.3, -0.25) is 15.1 Å². The SMILES string of the molecule is O=[N+]([O-])c1c[nH]c2cnc(-c3ccccc3)cc12. The van der Waals surface area contributed by atoms with Gasteiger partial charge in [-0.1, -0.05) is 30.3 Å². The molecule has 1 aromatic carbocycles. The van der Waals surface area contributed by atoms with Crippen molar-refractivity contribution in [3.8, 4) is 11.3 Å². The fourth-order valence-electron chi connectivity index (χ4n) is 1.92. The number of nitrogens with zero attached hydrogens (tertiary/aromatic N) is 2. The number of aromatic amines is 1. The number of pyridine rings is 1. The molecule has 0 spiro atoms. The number of aromatic nitrogens is 2. The van der Waals surface area contributed by atoms with Crippen molar-refractivity contribution in [1.29, 1.82) is 0 Å². The number of rotatable bonds is 2. The average molecular weight is 239 g/mol. The Bertz CT molecular complexity index is 719. The number of benzene rings is 1. The zero-order chi connectivity index (χ0) is 12.5. The lowest BCUT2D eigenvalue weighted by Gasteiger charge is -2.00. The van der Waals surface area contributed by atoms with Crippen LogP contribution in [0.25, 0.3) is 22.2 Å². The molecule has 3 aromatic rings. The van der Waals surface area contributed by atoms with Crippen molar-refractivity contribution in [2.24, 2.45) is 0 Å². The highest BCUT2D eigenvalue weighted by molar-refractivity contribution is 5.90. The second-order valence-electron chi connectivity index (χ2n) is 3.91. The smallest absolute Gasteiger partial charge is 0.294 e. The third-order valence-electron chi connectivity index (χ3n) is 2.81. The lowest BCUT2D eigenvalue weighted by Crippen LogP contribution is -1.87. The van der Waals surface area contributed by atoms with E-state index in [0.717, 1.165) is 11.3 Å². The van der Waals surface area contributed by atoms with Gasteiger partial charge in [-0.2, -0.15) is 0 Å². The van der Waals surface area contributed by atoms with E-state index >= 15 is 0 Å². The first-order valence-electron chi connectivity index (χ1n) is 5.42. The van der Waals surface area contributed by atoms with Crippen LogP contribution < -0.4 is 0 Å². The summed E-state index contributed by atoms with van der Waals surface area (Å²) in [7, 11) is 0. The summed E-state index contributed by atoms with van der Waals surface area (Å²) in [4.78, 5) is 17.6. The molecule has 0 aliphatic rings. The summed E-state index contributed by atoms with van der Waals surface area (Å²) in [6, 6.07) is 11.3. The molecule has 0 saturated heterocycles. The van der Waals surface area contributed by atoms with Crippen molar-refractivity contribution in [3.05, 3.63) is 58.9 Å². The van der Waals surface area contributed by atoms with Gasteiger partial charge in [0.2, 0.25) is 0 Å². The average Bonchev–Trinajstić information content (AvgIpc) is 2.82. The summed E-state index contributed by atoms with van der Waals surface area (Å²) in [6.07, 6.45) is 3.01. The van der Waals surface area contributed by atoms with E-state index in [-0.39, 0.29) is 5.69 Å². The molecule has 2 aromatic heterocycles. The molecule has 2 heterocycles. The minimum absolute atomic E-state index is 0.0737. The molecular formula is C13H9N3O2. The molecule has 0 aliphatic heterocycles. The Hall–Kier alpha value is -2.69. The van der Waals surface area contributed by atoms with Crippen LogP contribution >= 0.6 is 0 Å². The summed E-state index contributed by atoms with van der Waals surface area (Å²) in [5.41, 5.74) is 2.41. The Balaban J connectivity index is 2.21. The van der Waals surface area contributed by atoms with Crippen LogP contribution in [-0.4, -0.2) is 14.9 Å². The van der Waals surface area contributed by atoms with Gasteiger partial charge in [0.15, 0.2) is 0 Å². The van der Waals surface area contributed by atoms with E-state index in [4.69, 9.17) is 0 Å². The van der Waals surface area contributed by atoms with Crippen LogP contribution in [0.2, 0.25) is 0 Å². The largest absolute Gasteiger partial charge is 0.354 e. The van der Waals surface area contributed by atoms with Gasteiger partial charge in [0, 0.05) is 5.56 Å². The molecule has 88 valence electrons.